The van der Waals surface area contributed by atoms with Crippen molar-refractivity contribution in [1.82, 2.24) is 16.2 Å². The summed E-state index contributed by atoms with van der Waals surface area (Å²) >= 11 is 5.88. The van der Waals surface area contributed by atoms with Crippen LogP contribution in [0.3, 0.4) is 0 Å². The van der Waals surface area contributed by atoms with Crippen LogP contribution in [0.5, 0.6) is 0 Å². The molecular weight excluding hydrogens is 345 g/mol. The summed E-state index contributed by atoms with van der Waals surface area (Å²) in [6.07, 6.45) is 0. The highest BCUT2D eigenvalue weighted by Crippen LogP contribution is 2.23. The lowest BCUT2D eigenvalue weighted by molar-refractivity contribution is 0.0935. The van der Waals surface area contributed by atoms with Gasteiger partial charge in [-0.2, -0.15) is 0 Å². The molecule has 0 spiro atoms. The van der Waals surface area contributed by atoms with E-state index in [1.54, 1.807) is 12.1 Å². The van der Waals surface area contributed by atoms with Crippen molar-refractivity contribution in [3.63, 3.8) is 0 Å². The van der Waals surface area contributed by atoms with E-state index in [1.165, 1.54) is 24.3 Å². The average Bonchev–Trinajstić information content (AvgIpc) is 2.59. The molecule has 0 heterocycles. The molecule has 2 aromatic carbocycles. The maximum atomic E-state index is 12.8. The molecule has 0 aliphatic carbocycles. The zero-order valence-electron chi connectivity index (χ0n) is 13.8. The Kier molecular flexibility index (Phi) is 6.36. The summed E-state index contributed by atoms with van der Waals surface area (Å²) in [4.78, 5) is 24.0. The number of hydrazine groups is 1. The van der Waals surface area contributed by atoms with E-state index in [0.717, 1.165) is 5.56 Å². The van der Waals surface area contributed by atoms with Gasteiger partial charge in [0.2, 0.25) is 0 Å². The van der Waals surface area contributed by atoms with Gasteiger partial charge in [-0.3, -0.25) is 10.2 Å². The van der Waals surface area contributed by atoms with Crippen LogP contribution in [0.4, 0.5) is 9.18 Å². The molecule has 3 N–H and O–H groups in total. The number of rotatable bonds is 4. The summed E-state index contributed by atoms with van der Waals surface area (Å²) in [6.45, 7) is 3.94. The summed E-state index contributed by atoms with van der Waals surface area (Å²) in [7, 11) is 0. The monoisotopic (exact) mass is 363 g/mol. The lowest BCUT2D eigenvalue weighted by Crippen LogP contribution is -2.48. The van der Waals surface area contributed by atoms with Crippen molar-refractivity contribution in [2.24, 2.45) is 5.92 Å². The van der Waals surface area contributed by atoms with E-state index < -0.39 is 17.8 Å². The Morgan fingerprint density at radius 1 is 0.960 bits per heavy atom. The highest BCUT2D eigenvalue weighted by molar-refractivity contribution is 6.30. The number of hydrogen-bond acceptors (Lipinski definition) is 2. The molecule has 3 amide bonds. The molecule has 7 heteroatoms. The third-order valence-corrected chi connectivity index (χ3v) is 3.83. The Morgan fingerprint density at radius 3 is 2.12 bits per heavy atom. The molecule has 0 aliphatic heterocycles. The van der Waals surface area contributed by atoms with Gasteiger partial charge in [-0.1, -0.05) is 37.6 Å². The second kappa shape index (κ2) is 8.48. The zero-order chi connectivity index (χ0) is 18.4. The van der Waals surface area contributed by atoms with Crippen LogP contribution >= 0.6 is 11.6 Å². The predicted octanol–water partition coefficient (Wildman–Crippen LogP) is 3.82. The predicted molar refractivity (Wildman–Crippen MR) is 94.6 cm³/mol. The van der Waals surface area contributed by atoms with E-state index in [1.807, 2.05) is 26.0 Å². The highest BCUT2D eigenvalue weighted by atomic mass is 35.5. The second-order valence-electron chi connectivity index (χ2n) is 5.83. The molecule has 0 bridgehead atoms. The Balaban J connectivity index is 1.94. The molecule has 0 saturated carbocycles. The molecule has 0 aromatic heterocycles. The van der Waals surface area contributed by atoms with Crippen molar-refractivity contribution >= 4 is 23.5 Å². The van der Waals surface area contributed by atoms with Crippen molar-refractivity contribution in [2.75, 3.05) is 0 Å². The lowest BCUT2D eigenvalue weighted by Gasteiger charge is -2.23. The molecule has 1 atom stereocenters. The topological polar surface area (TPSA) is 70.2 Å². The molecule has 0 saturated heterocycles. The lowest BCUT2D eigenvalue weighted by atomic mass is 9.96. The first-order valence-corrected chi connectivity index (χ1v) is 8.12. The van der Waals surface area contributed by atoms with Gasteiger partial charge in [0.1, 0.15) is 5.82 Å². The van der Waals surface area contributed by atoms with Crippen molar-refractivity contribution in [2.45, 2.75) is 19.9 Å². The van der Waals surface area contributed by atoms with Crippen LogP contribution in [0.25, 0.3) is 0 Å². The van der Waals surface area contributed by atoms with E-state index in [2.05, 4.69) is 16.2 Å². The van der Waals surface area contributed by atoms with Crippen LogP contribution < -0.4 is 16.2 Å². The number of benzene rings is 2. The van der Waals surface area contributed by atoms with Gasteiger partial charge in [0, 0.05) is 10.6 Å². The van der Waals surface area contributed by atoms with E-state index in [4.69, 9.17) is 11.6 Å². The number of nitrogens with one attached hydrogen (secondary N) is 3. The molecule has 2 aromatic rings. The molecule has 0 fully saturated rings. The van der Waals surface area contributed by atoms with Crippen LogP contribution in [0.2, 0.25) is 5.02 Å². The number of hydrogen-bond donors (Lipinski definition) is 3. The van der Waals surface area contributed by atoms with Gasteiger partial charge in [0.05, 0.1) is 6.04 Å². The highest BCUT2D eigenvalue weighted by Gasteiger charge is 2.18. The Bertz CT molecular complexity index is 733. The fourth-order valence-corrected chi connectivity index (χ4v) is 2.40. The normalized spacial score (nSPS) is 11.7. The quantitative estimate of drug-likeness (QED) is 0.723. The van der Waals surface area contributed by atoms with Gasteiger partial charge in [0.15, 0.2) is 0 Å². The summed E-state index contributed by atoms with van der Waals surface area (Å²) in [5.74, 6) is -0.854. The third-order valence-electron chi connectivity index (χ3n) is 3.58. The minimum Gasteiger partial charge on any atom is -0.330 e. The zero-order valence-corrected chi connectivity index (χ0v) is 14.6. The minimum atomic E-state index is -0.552. The van der Waals surface area contributed by atoms with Gasteiger partial charge < -0.3 is 5.32 Å². The van der Waals surface area contributed by atoms with E-state index in [-0.39, 0.29) is 17.5 Å². The number of halogens is 2. The van der Waals surface area contributed by atoms with E-state index in [0.29, 0.717) is 5.02 Å². The molecule has 25 heavy (non-hydrogen) atoms. The summed E-state index contributed by atoms with van der Waals surface area (Å²) in [5, 5.41) is 3.41. The Hall–Kier alpha value is -2.60. The molecular formula is C18H19ClFN3O2. The SMILES string of the molecule is CC(C)C(NC(=O)NNC(=O)c1ccc(F)cc1)c1ccc(Cl)cc1. The third kappa shape index (κ3) is 5.46. The molecule has 0 radical (unpaired) electrons. The smallest absolute Gasteiger partial charge is 0.330 e. The van der Waals surface area contributed by atoms with Crippen molar-refractivity contribution < 1.29 is 14.0 Å². The summed E-state index contributed by atoms with van der Waals surface area (Å²) < 4.78 is 12.8. The van der Waals surface area contributed by atoms with Crippen molar-refractivity contribution in [3.05, 3.63) is 70.5 Å². The fraction of sp³-hybridized carbons (Fsp3) is 0.222. The molecule has 1 unspecified atom stereocenters. The van der Waals surface area contributed by atoms with Crippen LogP contribution in [0.1, 0.15) is 35.8 Å². The minimum absolute atomic E-state index is 0.125. The van der Waals surface area contributed by atoms with Gasteiger partial charge in [-0.15, -0.1) is 0 Å². The average molecular weight is 364 g/mol. The van der Waals surface area contributed by atoms with Crippen LogP contribution in [0.15, 0.2) is 48.5 Å². The standard InChI is InChI=1S/C18H19ClFN3O2/c1-11(2)16(12-3-7-14(19)8-4-12)21-18(25)23-22-17(24)13-5-9-15(20)10-6-13/h3-11,16H,1-2H3,(H,22,24)(H2,21,23,25). The summed E-state index contributed by atoms with van der Waals surface area (Å²) in [5.41, 5.74) is 5.71. The summed E-state index contributed by atoms with van der Waals surface area (Å²) in [6, 6.07) is 11.4. The van der Waals surface area contributed by atoms with Gasteiger partial charge >= 0.3 is 6.03 Å². The first kappa shape index (κ1) is 18.7. The maximum Gasteiger partial charge on any atom is 0.333 e. The molecule has 5 nitrogen and oxygen atoms in total. The number of urea groups is 1. The first-order valence-electron chi connectivity index (χ1n) is 7.74. The fourth-order valence-electron chi connectivity index (χ4n) is 2.27. The first-order chi connectivity index (χ1) is 11.9. The van der Waals surface area contributed by atoms with E-state index in [9.17, 15) is 14.0 Å². The van der Waals surface area contributed by atoms with Crippen LogP contribution in [-0.2, 0) is 0 Å². The van der Waals surface area contributed by atoms with Gasteiger partial charge in [-0.05, 0) is 47.9 Å². The molecule has 2 rings (SSSR count). The van der Waals surface area contributed by atoms with Crippen molar-refractivity contribution in [3.8, 4) is 0 Å². The van der Waals surface area contributed by atoms with Gasteiger partial charge in [0.25, 0.3) is 5.91 Å². The van der Waals surface area contributed by atoms with Crippen LogP contribution in [-0.4, -0.2) is 11.9 Å². The van der Waals surface area contributed by atoms with E-state index >= 15 is 0 Å². The maximum absolute atomic E-state index is 12.8. The molecule has 132 valence electrons. The number of carbonyl (C=O) groups is 2. The second-order valence-corrected chi connectivity index (χ2v) is 6.27. The number of carbonyl (C=O) groups excluding carboxylic acids is 2. The van der Waals surface area contributed by atoms with Gasteiger partial charge in [-0.25, -0.2) is 14.6 Å². The Labute approximate surface area is 150 Å². The van der Waals surface area contributed by atoms with Crippen LogP contribution in [0, 0.1) is 11.7 Å². The Morgan fingerprint density at radius 2 is 1.56 bits per heavy atom. The van der Waals surface area contributed by atoms with Crippen molar-refractivity contribution in [1.29, 1.82) is 0 Å². The largest absolute Gasteiger partial charge is 0.333 e. The number of amides is 3. The molecule has 0 aliphatic rings.